The van der Waals surface area contributed by atoms with Crippen LogP contribution < -0.4 is 4.74 Å². The molecule has 1 aromatic heterocycles. The molecule has 4 atom stereocenters. The van der Waals surface area contributed by atoms with Crippen molar-refractivity contribution in [3.63, 3.8) is 0 Å². The smallest absolute Gasteiger partial charge is 0.295 e. The molecule has 0 spiro atoms. The number of nitrogens with one attached hydrogen (secondary N) is 1. The first-order valence-corrected chi connectivity index (χ1v) is 7.23. The van der Waals surface area contributed by atoms with Gasteiger partial charge in [-0.25, -0.2) is 0 Å². The Morgan fingerprint density at radius 2 is 2.14 bits per heavy atom. The molecular weight excluding hydrogens is 296 g/mol. The van der Waals surface area contributed by atoms with Crippen molar-refractivity contribution in [3.05, 3.63) is 22.7 Å². The lowest BCUT2D eigenvalue weighted by Crippen LogP contribution is -2.34. The number of aromatic amines is 1. The number of H-pyrrole nitrogens is 1. The van der Waals surface area contributed by atoms with E-state index in [0.717, 1.165) is 16.6 Å². The van der Waals surface area contributed by atoms with Gasteiger partial charge in [-0.3, -0.25) is 0 Å². The fraction of sp³-hybridized carbons (Fsp3) is 0.500. The van der Waals surface area contributed by atoms with Crippen LogP contribution in [0.25, 0.3) is 11.0 Å². The SMILES string of the molecule is Cc1cc2[nH]c(OC3COC4C(O)COC34)nc2cc1Cl. The van der Waals surface area contributed by atoms with Crippen LogP contribution in [-0.4, -0.2) is 52.7 Å². The molecule has 0 amide bonds. The number of hydrogen-bond donors (Lipinski definition) is 2. The maximum Gasteiger partial charge on any atom is 0.295 e. The number of aliphatic hydroxyl groups is 1. The first-order valence-electron chi connectivity index (χ1n) is 6.85. The maximum absolute atomic E-state index is 9.71. The Kier molecular flexibility index (Phi) is 3.08. The van der Waals surface area contributed by atoms with Crippen LogP contribution in [0, 0.1) is 6.92 Å². The van der Waals surface area contributed by atoms with Crippen molar-refractivity contribution < 1.29 is 19.3 Å². The molecule has 0 radical (unpaired) electrons. The van der Waals surface area contributed by atoms with Gasteiger partial charge in [0.25, 0.3) is 6.01 Å². The monoisotopic (exact) mass is 310 g/mol. The number of fused-ring (bicyclic) bond motifs is 2. The summed E-state index contributed by atoms with van der Waals surface area (Å²) in [5.74, 6) is 0. The standard InChI is InChI=1S/C14H15ClN2O4/c1-6-2-8-9(3-7(6)15)17-14(16-8)21-11-5-20-12-10(18)4-19-13(11)12/h2-3,10-13,18H,4-5H2,1H3,(H,16,17). The second-order valence-electron chi connectivity index (χ2n) is 5.48. The van der Waals surface area contributed by atoms with Gasteiger partial charge in [-0.15, -0.1) is 0 Å². The van der Waals surface area contributed by atoms with Crippen molar-refractivity contribution in [1.29, 1.82) is 0 Å². The summed E-state index contributed by atoms with van der Waals surface area (Å²) < 4.78 is 16.9. The summed E-state index contributed by atoms with van der Waals surface area (Å²) in [7, 11) is 0. The topological polar surface area (TPSA) is 76.6 Å². The number of halogens is 1. The van der Waals surface area contributed by atoms with Gasteiger partial charge < -0.3 is 24.3 Å². The highest BCUT2D eigenvalue weighted by Crippen LogP contribution is 2.30. The lowest BCUT2D eigenvalue weighted by molar-refractivity contribution is 0.00706. The summed E-state index contributed by atoms with van der Waals surface area (Å²) in [6.07, 6.45) is -1.42. The zero-order chi connectivity index (χ0) is 14.6. The van der Waals surface area contributed by atoms with Gasteiger partial charge in [0.2, 0.25) is 0 Å². The molecule has 2 N–H and O–H groups in total. The number of benzene rings is 1. The van der Waals surface area contributed by atoms with Crippen LogP contribution in [0.5, 0.6) is 6.01 Å². The van der Waals surface area contributed by atoms with Crippen molar-refractivity contribution in [2.75, 3.05) is 13.2 Å². The van der Waals surface area contributed by atoms with Gasteiger partial charge in [0.1, 0.15) is 18.3 Å². The first kappa shape index (κ1) is 13.3. The lowest BCUT2D eigenvalue weighted by atomic mass is 10.1. The fourth-order valence-corrected chi connectivity index (χ4v) is 3.02. The third-order valence-corrected chi connectivity index (χ3v) is 4.39. The minimum absolute atomic E-state index is 0.251. The van der Waals surface area contributed by atoms with E-state index in [0.29, 0.717) is 17.6 Å². The summed E-state index contributed by atoms with van der Waals surface area (Å²) in [5, 5.41) is 10.4. The van der Waals surface area contributed by atoms with Gasteiger partial charge in [0.05, 0.1) is 24.2 Å². The van der Waals surface area contributed by atoms with Gasteiger partial charge in [0, 0.05) is 5.02 Å². The predicted molar refractivity (Wildman–Crippen MR) is 75.7 cm³/mol. The Bertz CT molecular complexity index is 650. The Labute approximate surface area is 126 Å². The van der Waals surface area contributed by atoms with E-state index in [-0.39, 0.29) is 24.9 Å². The number of ether oxygens (including phenoxy) is 3. The van der Waals surface area contributed by atoms with Crippen molar-refractivity contribution >= 4 is 22.6 Å². The zero-order valence-electron chi connectivity index (χ0n) is 11.4. The molecule has 3 heterocycles. The molecule has 1 aromatic carbocycles. The molecule has 4 unspecified atom stereocenters. The van der Waals surface area contributed by atoms with Crippen LogP contribution >= 0.6 is 11.6 Å². The fourth-order valence-electron chi connectivity index (χ4n) is 2.86. The third kappa shape index (κ3) is 2.19. The van der Waals surface area contributed by atoms with Crippen LogP contribution in [-0.2, 0) is 9.47 Å². The van der Waals surface area contributed by atoms with Gasteiger partial charge in [-0.1, -0.05) is 11.6 Å². The van der Waals surface area contributed by atoms with Crippen LogP contribution in [0.3, 0.4) is 0 Å². The molecule has 2 fully saturated rings. The van der Waals surface area contributed by atoms with Crippen LogP contribution in [0.2, 0.25) is 5.02 Å². The third-order valence-electron chi connectivity index (χ3n) is 3.99. The quantitative estimate of drug-likeness (QED) is 0.877. The molecule has 0 bridgehead atoms. The largest absolute Gasteiger partial charge is 0.456 e. The van der Waals surface area contributed by atoms with Crippen LogP contribution in [0.1, 0.15) is 5.56 Å². The average Bonchev–Trinajstić information content (AvgIpc) is 3.10. The average molecular weight is 311 g/mol. The summed E-state index contributed by atoms with van der Waals surface area (Å²) in [6.45, 7) is 2.60. The second-order valence-corrected chi connectivity index (χ2v) is 5.89. The van der Waals surface area contributed by atoms with Crippen molar-refractivity contribution in [2.24, 2.45) is 0 Å². The number of aryl methyl sites for hydroxylation is 1. The summed E-state index contributed by atoms with van der Waals surface area (Å²) in [4.78, 5) is 7.49. The zero-order valence-corrected chi connectivity index (χ0v) is 12.1. The Balaban J connectivity index is 1.57. The van der Waals surface area contributed by atoms with E-state index in [2.05, 4.69) is 9.97 Å². The normalized spacial score (nSPS) is 31.8. The van der Waals surface area contributed by atoms with E-state index in [4.69, 9.17) is 25.8 Å². The van der Waals surface area contributed by atoms with Crippen molar-refractivity contribution in [3.8, 4) is 6.01 Å². The Hall–Kier alpha value is -1.34. The van der Waals surface area contributed by atoms with E-state index in [1.54, 1.807) is 6.07 Å². The first-order chi connectivity index (χ1) is 10.1. The number of aliphatic hydroxyl groups excluding tert-OH is 1. The molecule has 112 valence electrons. The number of imidazole rings is 1. The highest BCUT2D eigenvalue weighted by Gasteiger charge is 2.48. The van der Waals surface area contributed by atoms with E-state index in [1.807, 2.05) is 13.0 Å². The molecule has 0 saturated carbocycles. The van der Waals surface area contributed by atoms with Gasteiger partial charge in [-0.05, 0) is 24.6 Å². The molecule has 2 saturated heterocycles. The molecule has 2 aliphatic heterocycles. The van der Waals surface area contributed by atoms with E-state index >= 15 is 0 Å². The number of hydrogen-bond acceptors (Lipinski definition) is 5. The van der Waals surface area contributed by atoms with Gasteiger partial charge in [-0.2, -0.15) is 4.98 Å². The minimum atomic E-state index is -0.583. The predicted octanol–water partition coefficient (Wildman–Crippen LogP) is 1.43. The molecule has 4 rings (SSSR count). The van der Waals surface area contributed by atoms with E-state index in [9.17, 15) is 5.11 Å². The van der Waals surface area contributed by atoms with Crippen LogP contribution in [0.15, 0.2) is 12.1 Å². The Morgan fingerprint density at radius 1 is 1.33 bits per heavy atom. The highest BCUT2D eigenvalue weighted by molar-refractivity contribution is 6.32. The van der Waals surface area contributed by atoms with E-state index in [1.165, 1.54) is 0 Å². The molecule has 2 aromatic rings. The van der Waals surface area contributed by atoms with Gasteiger partial charge in [0.15, 0.2) is 6.10 Å². The van der Waals surface area contributed by atoms with Gasteiger partial charge >= 0.3 is 0 Å². The van der Waals surface area contributed by atoms with Crippen LogP contribution in [0.4, 0.5) is 0 Å². The number of rotatable bonds is 2. The Morgan fingerprint density at radius 3 is 3.00 bits per heavy atom. The van der Waals surface area contributed by atoms with Crippen molar-refractivity contribution in [1.82, 2.24) is 9.97 Å². The lowest BCUT2D eigenvalue weighted by Gasteiger charge is -2.15. The molecule has 6 nitrogen and oxygen atoms in total. The summed E-state index contributed by atoms with van der Waals surface area (Å²) in [5.41, 5.74) is 2.60. The summed E-state index contributed by atoms with van der Waals surface area (Å²) in [6, 6.07) is 4.15. The molecular formula is C14H15ClN2O4. The highest BCUT2D eigenvalue weighted by atomic mass is 35.5. The molecule has 21 heavy (non-hydrogen) atoms. The molecule has 2 aliphatic rings. The minimum Gasteiger partial charge on any atom is -0.456 e. The second kappa shape index (κ2) is 4.84. The number of aromatic nitrogens is 2. The molecule has 7 heteroatoms. The number of nitrogens with zero attached hydrogens (tertiary/aromatic N) is 1. The summed E-state index contributed by atoms with van der Waals surface area (Å²) >= 11 is 6.09. The maximum atomic E-state index is 9.71. The van der Waals surface area contributed by atoms with E-state index < -0.39 is 6.10 Å². The molecule has 0 aliphatic carbocycles. The van der Waals surface area contributed by atoms with Crippen molar-refractivity contribution in [2.45, 2.75) is 31.3 Å².